The molecule has 320 valence electrons. The molecule has 16 heteroatoms. The van der Waals surface area contributed by atoms with Crippen molar-refractivity contribution in [2.24, 2.45) is 11.8 Å². The molecule has 7 atom stereocenters. The normalized spacial score (nSPS) is 31.7. The first-order chi connectivity index (χ1) is 28.9. The van der Waals surface area contributed by atoms with E-state index >= 15 is 0 Å². The van der Waals surface area contributed by atoms with E-state index in [-0.39, 0.29) is 37.3 Å². The fourth-order valence-corrected chi connectivity index (χ4v) is 10.3. The van der Waals surface area contributed by atoms with Crippen LogP contribution >= 0.6 is 0 Å². The van der Waals surface area contributed by atoms with Gasteiger partial charge in [0.1, 0.15) is 35.7 Å². The topological polar surface area (TPSA) is 195 Å². The fourth-order valence-electron chi connectivity index (χ4n) is 8.98. The number of hydrogen-bond acceptors (Lipinski definition) is 11. The van der Waals surface area contributed by atoms with Gasteiger partial charge in [-0.3, -0.25) is 14.4 Å². The van der Waals surface area contributed by atoms with Gasteiger partial charge >= 0.3 is 6.09 Å². The van der Waals surface area contributed by atoms with Crippen molar-refractivity contribution in [2.75, 3.05) is 13.7 Å². The summed E-state index contributed by atoms with van der Waals surface area (Å²) in [7, 11) is -2.53. The molecule has 1 aromatic heterocycles. The minimum absolute atomic E-state index is 0.000499. The Hall–Kier alpha value is -5.17. The van der Waals surface area contributed by atoms with Crippen LogP contribution in [0.2, 0.25) is 0 Å². The zero-order valence-corrected chi connectivity index (χ0v) is 35.1. The van der Waals surface area contributed by atoms with Crippen LogP contribution in [-0.2, 0) is 35.6 Å². The van der Waals surface area contributed by atoms with Crippen molar-refractivity contribution in [1.29, 1.82) is 0 Å². The Morgan fingerprint density at radius 1 is 0.983 bits per heavy atom. The number of carbonyl (C=O) groups excluding carboxylic acids is 4. The quantitative estimate of drug-likeness (QED) is 0.289. The molecule has 0 spiro atoms. The minimum atomic E-state index is -4.09. The number of benzene rings is 1. The minimum Gasteiger partial charge on any atom is -0.497 e. The average molecular weight is 843 g/mol. The molecule has 0 unspecified atom stereocenters. The first-order valence-electron chi connectivity index (χ1n) is 21.4. The summed E-state index contributed by atoms with van der Waals surface area (Å²) in [5, 5.41) is 5.74. The smallest absolute Gasteiger partial charge is 0.408 e. The van der Waals surface area contributed by atoms with Gasteiger partial charge in [0.05, 0.1) is 29.4 Å². The van der Waals surface area contributed by atoms with Gasteiger partial charge in [-0.1, -0.05) is 49.0 Å². The molecule has 8 rings (SSSR count). The number of allylic oxidation sites excluding steroid dienone is 2. The van der Waals surface area contributed by atoms with Crippen molar-refractivity contribution in [1.82, 2.24) is 30.2 Å². The van der Waals surface area contributed by atoms with E-state index in [2.05, 4.69) is 39.3 Å². The van der Waals surface area contributed by atoms with E-state index in [1.807, 2.05) is 24.3 Å². The number of aryl methyl sites for hydroxylation is 1. The van der Waals surface area contributed by atoms with E-state index in [4.69, 9.17) is 24.2 Å². The maximum absolute atomic E-state index is 14.8. The molecule has 1 saturated heterocycles. The molecule has 3 N–H and O–H groups in total. The Morgan fingerprint density at radius 2 is 1.80 bits per heavy atom. The molecule has 2 saturated carbocycles. The first kappa shape index (κ1) is 41.6. The van der Waals surface area contributed by atoms with Crippen molar-refractivity contribution >= 4 is 44.9 Å². The second-order valence-electron chi connectivity index (χ2n) is 17.2. The van der Waals surface area contributed by atoms with Crippen molar-refractivity contribution in [3.8, 4) is 23.5 Å². The Morgan fingerprint density at radius 3 is 2.62 bits per heavy atom. The monoisotopic (exact) mass is 842 g/mol. The first-order valence-corrected chi connectivity index (χ1v) is 22.9. The lowest BCUT2D eigenvalue weighted by atomic mass is 9.84. The number of amides is 4. The highest BCUT2D eigenvalue weighted by Crippen LogP contribution is 2.43. The molecule has 4 heterocycles. The number of ether oxygens (including phenoxy) is 3. The van der Waals surface area contributed by atoms with Crippen molar-refractivity contribution in [3.05, 3.63) is 48.2 Å². The van der Waals surface area contributed by atoms with Gasteiger partial charge in [-0.2, -0.15) is 0 Å². The maximum atomic E-state index is 14.8. The highest BCUT2D eigenvalue weighted by molar-refractivity contribution is 7.91. The van der Waals surface area contributed by atoms with Gasteiger partial charge in [0.25, 0.3) is 5.91 Å². The summed E-state index contributed by atoms with van der Waals surface area (Å²) in [5.74, 6) is 3.95. The molecule has 3 bridgehead atoms. The molecule has 3 aliphatic carbocycles. The van der Waals surface area contributed by atoms with Gasteiger partial charge in [0.15, 0.2) is 5.54 Å². The van der Waals surface area contributed by atoms with Crippen LogP contribution in [0.3, 0.4) is 0 Å². The zero-order chi connectivity index (χ0) is 42.1. The van der Waals surface area contributed by atoms with E-state index in [0.29, 0.717) is 67.4 Å². The molecule has 15 nitrogen and oxygen atoms in total. The van der Waals surface area contributed by atoms with Crippen LogP contribution in [-0.4, -0.2) is 95.3 Å². The molecular formula is C44H54N6O9S. The van der Waals surface area contributed by atoms with Crippen molar-refractivity contribution < 1.29 is 41.8 Å². The number of hydrogen-bond donors (Lipinski definition) is 3. The predicted octanol–water partition coefficient (Wildman–Crippen LogP) is 4.54. The fraction of sp³-hybridized carbons (Fsp3) is 0.591. The predicted molar refractivity (Wildman–Crippen MR) is 221 cm³/mol. The van der Waals surface area contributed by atoms with Gasteiger partial charge in [-0.15, -0.1) is 0 Å². The molecule has 3 fully saturated rings. The number of fused-ring (bicyclic) bond motifs is 6. The number of rotatable bonds is 4. The van der Waals surface area contributed by atoms with Gasteiger partial charge in [-0.05, 0) is 89.7 Å². The lowest BCUT2D eigenvalue weighted by molar-refractivity contribution is -0.141. The summed E-state index contributed by atoms with van der Waals surface area (Å²) in [6.45, 7) is 1.53. The number of aromatic nitrogens is 2. The summed E-state index contributed by atoms with van der Waals surface area (Å²) in [6, 6.07) is 3.22. The van der Waals surface area contributed by atoms with E-state index in [9.17, 15) is 27.6 Å². The average Bonchev–Trinajstić information content (AvgIpc) is 3.50. The van der Waals surface area contributed by atoms with E-state index in [0.717, 1.165) is 38.5 Å². The van der Waals surface area contributed by atoms with Gasteiger partial charge < -0.3 is 29.7 Å². The third kappa shape index (κ3) is 8.55. The lowest BCUT2D eigenvalue weighted by Crippen LogP contribution is -2.65. The van der Waals surface area contributed by atoms with Gasteiger partial charge in [0.2, 0.25) is 27.7 Å². The van der Waals surface area contributed by atoms with Crippen LogP contribution in [0.25, 0.3) is 11.0 Å². The summed E-state index contributed by atoms with van der Waals surface area (Å²) >= 11 is 0. The molecule has 0 radical (unpaired) electrons. The summed E-state index contributed by atoms with van der Waals surface area (Å²) < 4.78 is 46.0. The van der Waals surface area contributed by atoms with Gasteiger partial charge in [-0.25, -0.2) is 27.9 Å². The Balaban J connectivity index is 1.17. The highest BCUT2D eigenvalue weighted by Gasteiger charge is 2.56. The number of nitrogens with one attached hydrogen (secondary N) is 3. The van der Waals surface area contributed by atoms with Crippen molar-refractivity contribution in [3.63, 3.8) is 0 Å². The molecule has 3 aliphatic heterocycles. The van der Waals surface area contributed by atoms with Crippen LogP contribution in [0.1, 0.15) is 103 Å². The standard InChI is InChI=1S/C44H54N6O9S/c1-43(23-24-43)60(55,56)49-41(53)44-22-12-16-29(44)15-8-4-3-5-9-18-34-40(52)50-27-31(26-36(50)38(51)48-44)58-39-33(45-32-21-20-30(57-2)25-35(32)46-39)17-10-6-7-13-28-14-11-19-37(28)59-42(54)47-34/h7-8,13,15,20-21,25,28-29,31,34,36-37H,3-6,9-11,14,16-19,23-24,26-27H2,1-2H3,(H,47,54)(H,48,51)(H,49,53)/b13-7+,15-8-/t28-,29-,31-,34+,36+,37-,44-/m1/s1. The van der Waals surface area contributed by atoms with Crippen LogP contribution < -0.4 is 24.8 Å². The molecule has 1 aromatic carbocycles. The third-order valence-corrected chi connectivity index (χ3v) is 15.1. The Kier molecular flexibility index (Phi) is 11.8. The number of carbonyl (C=O) groups is 4. The van der Waals surface area contributed by atoms with Crippen LogP contribution in [0.4, 0.5) is 4.79 Å². The zero-order valence-electron chi connectivity index (χ0n) is 34.2. The van der Waals surface area contributed by atoms with Gasteiger partial charge in [0, 0.05) is 30.7 Å². The number of alkyl carbamates (subject to hydrolysis) is 1. The highest BCUT2D eigenvalue weighted by atomic mass is 32.2. The summed E-state index contributed by atoms with van der Waals surface area (Å²) in [6.07, 6.45) is 14.8. The molecule has 2 aromatic rings. The van der Waals surface area contributed by atoms with Crippen LogP contribution in [0, 0.1) is 23.7 Å². The SMILES string of the molecule is COc1ccc2nc3c(nc2c1)O[C@@H]1C[C@H]2C(=O)N[C@]4(C(=O)NS(=O)(=O)C5(C)CC5)C#CC[C@H]4/C=C\CCCCC[C@H](NC(=O)O[C@@H]4CCC[C@H]4/C=C/CCC3)C(=O)N2C1. The third-order valence-electron chi connectivity index (χ3n) is 13.0. The second kappa shape index (κ2) is 17.1. The largest absolute Gasteiger partial charge is 0.497 e. The molecule has 60 heavy (non-hydrogen) atoms. The van der Waals surface area contributed by atoms with E-state index in [1.165, 1.54) is 4.90 Å². The molecule has 4 amide bonds. The summed E-state index contributed by atoms with van der Waals surface area (Å²) in [4.78, 5) is 68.8. The number of sulfonamides is 1. The molecular weight excluding hydrogens is 789 g/mol. The molecule has 6 aliphatic rings. The van der Waals surface area contributed by atoms with E-state index in [1.54, 1.807) is 20.1 Å². The number of nitrogens with zero attached hydrogens (tertiary/aromatic N) is 3. The van der Waals surface area contributed by atoms with E-state index < -0.39 is 68.2 Å². The number of methoxy groups -OCH3 is 1. The Labute approximate surface area is 350 Å². The lowest BCUT2D eigenvalue weighted by Gasteiger charge is -2.34. The van der Waals surface area contributed by atoms with Crippen molar-refractivity contribution in [2.45, 2.75) is 138 Å². The summed E-state index contributed by atoms with van der Waals surface area (Å²) in [5.41, 5.74) is -0.0907. The van der Waals surface area contributed by atoms with Crippen LogP contribution in [0.15, 0.2) is 42.5 Å². The Bertz CT molecular complexity index is 2270. The second-order valence-corrected chi connectivity index (χ2v) is 19.4. The van der Waals surface area contributed by atoms with Crippen LogP contribution in [0.5, 0.6) is 11.6 Å². The maximum Gasteiger partial charge on any atom is 0.408 e.